The lowest BCUT2D eigenvalue weighted by Crippen LogP contribution is -2.31. The maximum Gasteiger partial charge on any atom is 0.295 e. The fraction of sp³-hybridized carbons (Fsp3) is 0.148. The first-order chi connectivity index (χ1) is 38.2. The van der Waals surface area contributed by atoms with Crippen molar-refractivity contribution in [2.75, 3.05) is 83.7 Å². The molecule has 0 aliphatic heterocycles. The van der Waals surface area contributed by atoms with Gasteiger partial charge in [0.25, 0.3) is 10.1 Å². The van der Waals surface area contributed by atoms with E-state index in [0.717, 1.165) is 6.07 Å². The number of ketones is 2. The first-order valence-electron chi connectivity index (χ1n) is 24.2. The molecule has 8 rings (SSSR count). The topological polar surface area (TPSA) is 341 Å². The van der Waals surface area contributed by atoms with Gasteiger partial charge in [-0.15, -0.1) is 0 Å². The molecule has 9 N–H and O–H groups in total. The van der Waals surface area contributed by atoms with Gasteiger partial charge in [0, 0.05) is 76.1 Å². The zero-order valence-electron chi connectivity index (χ0n) is 41.7. The fourth-order valence-electron chi connectivity index (χ4n) is 7.83. The number of nitrogens with one attached hydrogen (secondary N) is 4. The second-order valence-electron chi connectivity index (χ2n) is 17.0. The lowest BCUT2D eigenvalue weighted by molar-refractivity contribution is 0.103. The number of anilines is 10. The van der Waals surface area contributed by atoms with E-state index in [1.54, 1.807) is 97.1 Å². The zero-order chi connectivity index (χ0) is 55.9. The van der Waals surface area contributed by atoms with Crippen LogP contribution < -0.4 is 31.1 Å². The Kier molecular flexibility index (Phi) is 18.8. The van der Waals surface area contributed by atoms with E-state index in [1.165, 1.54) is 52.3 Å². The van der Waals surface area contributed by atoms with Gasteiger partial charge in [-0.2, -0.15) is 38.3 Å². The van der Waals surface area contributed by atoms with Gasteiger partial charge in [0.2, 0.25) is 35.7 Å². The Labute approximate surface area is 455 Å². The molecule has 0 aliphatic carbocycles. The van der Waals surface area contributed by atoms with Crippen LogP contribution in [0.25, 0.3) is 12.2 Å². The molecule has 1 unspecified atom stereocenters. The first-order valence-corrected chi connectivity index (χ1v) is 26.7. The average molecular weight is 1110 g/mol. The molecule has 0 fully saturated rings. The van der Waals surface area contributed by atoms with E-state index < -0.39 is 26.1 Å². The summed E-state index contributed by atoms with van der Waals surface area (Å²) in [4.78, 5) is 55.0. The summed E-state index contributed by atoms with van der Waals surface area (Å²) in [7, 11) is -4.94. The number of carbonyl (C=O) groups excluding carboxylic acids is 2. The summed E-state index contributed by atoms with van der Waals surface area (Å²) in [6.07, 6.45) is 2.64. The monoisotopic (exact) mass is 1110 g/mol. The van der Waals surface area contributed by atoms with Gasteiger partial charge < -0.3 is 56.0 Å². The predicted octanol–water partition coefficient (Wildman–Crippen LogP) is 5.73. The van der Waals surface area contributed by atoms with Crippen molar-refractivity contribution in [1.29, 1.82) is 0 Å². The molecule has 0 spiro atoms. The average Bonchev–Trinajstić information content (AvgIpc) is 3.51. The van der Waals surface area contributed by atoms with Crippen LogP contribution in [-0.4, -0.2) is 136 Å². The van der Waals surface area contributed by atoms with Crippen molar-refractivity contribution in [3.63, 3.8) is 0 Å². The van der Waals surface area contributed by atoms with Crippen molar-refractivity contribution in [2.45, 2.75) is 9.79 Å². The summed E-state index contributed by atoms with van der Waals surface area (Å²) in [5.41, 5.74) is 3.30. The Bertz CT molecular complexity index is 3580. The number of aliphatic hydroxyl groups is 4. The molecule has 2 aromatic heterocycles. The summed E-state index contributed by atoms with van der Waals surface area (Å²) in [5.74, 6) is -0.405. The van der Waals surface area contributed by atoms with Gasteiger partial charge in [-0.25, -0.2) is 0 Å². The minimum Gasteiger partial charge on any atom is -0.768 e. The fourth-order valence-corrected chi connectivity index (χ4v) is 9.09. The van der Waals surface area contributed by atoms with Crippen LogP contribution >= 0.6 is 0 Å². The molecule has 8 aromatic rings. The number of nitrogens with zero attached hydrogens (tertiary/aromatic N) is 8. The van der Waals surface area contributed by atoms with Crippen LogP contribution in [0.3, 0.4) is 0 Å². The molecule has 2 heterocycles. The lowest BCUT2D eigenvalue weighted by atomic mass is 10.0. The highest BCUT2D eigenvalue weighted by Gasteiger charge is 2.20. The molecule has 0 saturated heterocycles. The number of carbonyl (C=O) groups is 2. The van der Waals surface area contributed by atoms with Gasteiger partial charge >= 0.3 is 0 Å². The summed E-state index contributed by atoms with van der Waals surface area (Å²) in [5, 5.41) is 51.2. The summed E-state index contributed by atoms with van der Waals surface area (Å²) in [6, 6.07) is 38.9. The molecular formula is C54H51N12O11S2-. The number of aromatic nitrogens is 6. The van der Waals surface area contributed by atoms with E-state index in [9.17, 15) is 51.7 Å². The molecule has 0 bridgehead atoms. The third kappa shape index (κ3) is 15.0. The molecule has 0 aliphatic rings. The Hall–Kier alpha value is -8.92. The highest BCUT2D eigenvalue weighted by atomic mass is 32.2. The SMILES string of the molecule is O=C(c1ccccc1)c1ccc(Nc2nc(Nc3ccc(/C=C/c4ccc(Nc5nc(Nc6ccc(C(=O)c7ccccc7)cc6)nc(N(CCO)CCO)n5)cc4S(=O)(=O)O)c(S(=O)[O-])c3)nc(N(CCO)CCO)n2)cc1. The smallest absolute Gasteiger partial charge is 0.295 e. The van der Waals surface area contributed by atoms with Crippen molar-refractivity contribution >= 4 is 103 Å². The van der Waals surface area contributed by atoms with Crippen LogP contribution in [0, 0.1) is 0 Å². The lowest BCUT2D eigenvalue weighted by Gasteiger charge is -2.21. The van der Waals surface area contributed by atoms with Crippen molar-refractivity contribution in [2.24, 2.45) is 0 Å². The van der Waals surface area contributed by atoms with Crippen molar-refractivity contribution < 1.29 is 51.7 Å². The number of rotatable bonds is 26. The molecule has 79 heavy (non-hydrogen) atoms. The van der Waals surface area contributed by atoms with Gasteiger partial charge in [-0.1, -0.05) is 84.9 Å². The molecule has 23 nitrogen and oxygen atoms in total. The number of aliphatic hydroxyl groups excluding tert-OH is 4. The maximum atomic E-state index is 13.0. The summed E-state index contributed by atoms with van der Waals surface area (Å²) >= 11 is -2.86. The second kappa shape index (κ2) is 26.4. The van der Waals surface area contributed by atoms with Crippen LogP contribution in [0.15, 0.2) is 155 Å². The Morgan fingerprint density at radius 3 is 1.20 bits per heavy atom. The molecule has 6 aromatic carbocycles. The molecular weight excluding hydrogens is 1060 g/mol. The van der Waals surface area contributed by atoms with Crippen molar-refractivity contribution in [3.8, 4) is 0 Å². The van der Waals surface area contributed by atoms with E-state index >= 15 is 0 Å². The van der Waals surface area contributed by atoms with E-state index in [1.807, 2.05) is 12.1 Å². The van der Waals surface area contributed by atoms with Gasteiger partial charge in [0.1, 0.15) is 4.90 Å². The first kappa shape index (κ1) is 56.3. The van der Waals surface area contributed by atoms with Gasteiger partial charge in [-0.05, 0) is 95.0 Å². The van der Waals surface area contributed by atoms with Crippen molar-refractivity contribution in [1.82, 2.24) is 29.9 Å². The molecule has 0 saturated carbocycles. The van der Waals surface area contributed by atoms with Crippen LogP contribution in [0.1, 0.15) is 43.0 Å². The van der Waals surface area contributed by atoms with Crippen LogP contribution in [-0.2, 0) is 21.2 Å². The number of hydrogen-bond donors (Lipinski definition) is 9. The molecule has 0 radical (unpaired) electrons. The molecule has 406 valence electrons. The highest BCUT2D eigenvalue weighted by Crippen LogP contribution is 2.29. The number of hydrogen-bond acceptors (Lipinski definition) is 22. The highest BCUT2D eigenvalue weighted by molar-refractivity contribution is 7.86. The molecule has 1 atom stereocenters. The third-order valence-electron chi connectivity index (χ3n) is 11.6. The third-order valence-corrected chi connectivity index (χ3v) is 13.2. The van der Waals surface area contributed by atoms with Gasteiger partial charge in [0.05, 0.1) is 26.4 Å². The van der Waals surface area contributed by atoms with Crippen LogP contribution in [0.5, 0.6) is 0 Å². The standard InChI is InChI=1S/C54H52N12O11S2/c67-29-25-65(26-30-68)53-61-49(55-41-19-15-39(16-20-41)47(71)37-7-3-1-4-8-37)59-51(63-53)57-43-23-13-35(45(33-43)78(73)74)11-12-36-14-24-44(34-46(36)79(75,76)77)58-52-60-50(62-54(64-52)66(27-31-69)28-32-70)56-42-21-17-40(18-22-42)48(72)38-9-5-2-6-10-38/h1-24,33-34,67-70H,25-32H2,(H,73,74)(H,75,76,77)(H2,55,57,59,61,63)(H2,56,58,60,62,64)/p-1/b12-11+. The van der Waals surface area contributed by atoms with Crippen LogP contribution in [0.4, 0.5) is 58.4 Å². The van der Waals surface area contributed by atoms with Crippen molar-refractivity contribution in [3.05, 3.63) is 179 Å². The molecule has 0 amide bonds. The molecule has 25 heteroatoms. The normalized spacial score (nSPS) is 11.7. The van der Waals surface area contributed by atoms with Crippen LogP contribution in [0.2, 0.25) is 0 Å². The number of benzene rings is 6. The van der Waals surface area contributed by atoms with E-state index in [-0.39, 0.29) is 127 Å². The quantitative estimate of drug-likeness (QED) is 0.0135. The minimum absolute atomic E-state index is 0.00239. The summed E-state index contributed by atoms with van der Waals surface area (Å²) < 4.78 is 61.7. The van der Waals surface area contributed by atoms with Gasteiger partial charge in [0.15, 0.2) is 11.6 Å². The van der Waals surface area contributed by atoms with Gasteiger partial charge in [-0.3, -0.25) is 18.4 Å². The Morgan fingerprint density at radius 1 is 0.481 bits per heavy atom. The predicted molar refractivity (Wildman–Crippen MR) is 297 cm³/mol. The zero-order valence-corrected chi connectivity index (χ0v) is 43.4. The minimum atomic E-state index is -4.94. The Balaban J connectivity index is 1.04. The Morgan fingerprint density at radius 2 is 0.823 bits per heavy atom. The summed E-state index contributed by atoms with van der Waals surface area (Å²) in [6.45, 7) is -1.07. The largest absolute Gasteiger partial charge is 0.768 e. The van der Waals surface area contributed by atoms with E-state index in [2.05, 4.69) is 51.2 Å². The second-order valence-corrected chi connectivity index (χ2v) is 19.3. The maximum absolute atomic E-state index is 13.0. The van der Waals surface area contributed by atoms with E-state index in [4.69, 9.17) is 0 Å². The van der Waals surface area contributed by atoms with E-state index in [0.29, 0.717) is 33.6 Å².